The number of aliphatic carboxylic acids is 1. The predicted molar refractivity (Wildman–Crippen MR) is 92.8 cm³/mol. The number of hydrogen-bond donors (Lipinski definition) is 2. The molecule has 1 fully saturated rings. The predicted octanol–water partition coefficient (Wildman–Crippen LogP) is 1.84. The molecule has 1 heterocycles. The van der Waals surface area contributed by atoms with Crippen molar-refractivity contribution in [2.24, 2.45) is 0 Å². The summed E-state index contributed by atoms with van der Waals surface area (Å²) in [5, 5.41) is 8.95. The molecule has 0 saturated carbocycles. The average molecular weight is 368 g/mol. The monoisotopic (exact) mass is 368 g/mol. The van der Waals surface area contributed by atoms with E-state index in [9.17, 15) is 18.0 Å². The maximum Gasteiger partial charge on any atom is 0.305 e. The Morgan fingerprint density at radius 1 is 1.24 bits per heavy atom. The molecular weight excluding hydrogens is 344 g/mol. The molecule has 1 aromatic rings. The molecule has 1 aliphatic heterocycles. The van der Waals surface area contributed by atoms with Crippen molar-refractivity contribution in [1.82, 2.24) is 9.62 Å². The van der Waals surface area contributed by atoms with E-state index < -0.39 is 21.5 Å². The van der Waals surface area contributed by atoms with Crippen LogP contribution in [0, 0.1) is 0 Å². The number of carboxylic acid groups (broad SMARTS) is 1. The molecule has 0 radical (unpaired) electrons. The zero-order valence-electron chi connectivity index (χ0n) is 14.7. The van der Waals surface area contributed by atoms with Crippen LogP contribution in [0.4, 0.5) is 0 Å². The van der Waals surface area contributed by atoms with Gasteiger partial charge in [0.25, 0.3) is 5.91 Å². The number of sulfonamides is 1. The molecule has 8 heteroatoms. The first kappa shape index (κ1) is 19.4. The lowest BCUT2D eigenvalue weighted by atomic mass is 10.1. The van der Waals surface area contributed by atoms with Crippen LogP contribution in [0.1, 0.15) is 50.4 Å². The lowest BCUT2D eigenvalue weighted by Crippen LogP contribution is -2.40. The van der Waals surface area contributed by atoms with Gasteiger partial charge in [0, 0.05) is 23.7 Å². The highest BCUT2D eigenvalue weighted by Crippen LogP contribution is 2.23. The molecule has 1 amide bonds. The van der Waals surface area contributed by atoms with Gasteiger partial charge in [0.05, 0.1) is 11.3 Å². The second-order valence-corrected chi connectivity index (χ2v) is 8.95. The Bertz CT molecular complexity index is 750. The maximum atomic E-state index is 12.6. The summed E-state index contributed by atoms with van der Waals surface area (Å²) in [7, 11) is -3.66. The normalized spacial score (nSPS) is 18.4. The van der Waals surface area contributed by atoms with Gasteiger partial charge in [0.1, 0.15) is 0 Å². The molecule has 1 aliphatic rings. The number of benzene rings is 1. The Hall–Kier alpha value is -1.93. The number of nitrogens with one attached hydrogen (secondary N) is 1. The molecule has 7 nitrogen and oxygen atoms in total. The van der Waals surface area contributed by atoms with Gasteiger partial charge in [0.2, 0.25) is 10.0 Å². The van der Waals surface area contributed by atoms with Crippen molar-refractivity contribution >= 4 is 21.9 Å². The van der Waals surface area contributed by atoms with Crippen LogP contribution in [0.15, 0.2) is 29.2 Å². The van der Waals surface area contributed by atoms with Crippen LogP contribution < -0.4 is 4.72 Å². The zero-order chi connectivity index (χ0) is 18.8. The van der Waals surface area contributed by atoms with E-state index >= 15 is 0 Å². The van der Waals surface area contributed by atoms with Crippen LogP contribution >= 0.6 is 0 Å². The highest BCUT2D eigenvalue weighted by molar-refractivity contribution is 7.89. The number of carbonyl (C=O) groups is 2. The van der Waals surface area contributed by atoms with Crippen molar-refractivity contribution in [3.05, 3.63) is 29.8 Å². The van der Waals surface area contributed by atoms with Gasteiger partial charge in [0.15, 0.2) is 0 Å². The molecule has 0 bridgehead atoms. The molecule has 0 aliphatic carbocycles. The maximum absolute atomic E-state index is 12.6. The van der Waals surface area contributed by atoms with Gasteiger partial charge >= 0.3 is 5.97 Å². The first-order valence-electron chi connectivity index (χ1n) is 8.16. The summed E-state index contributed by atoms with van der Waals surface area (Å²) in [6.45, 7) is 5.76. The lowest BCUT2D eigenvalue weighted by molar-refractivity contribution is -0.137. The summed E-state index contributed by atoms with van der Waals surface area (Å²) < 4.78 is 27.1. The van der Waals surface area contributed by atoms with Gasteiger partial charge in [-0.05, 0) is 57.9 Å². The van der Waals surface area contributed by atoms with Crippen molar-refractivity contribution in [2.75, 3.05) is 6.54 Å². The second kappa shape index (κ2) is 7.13. The minimum atomic E-state index is -3.66. The second-order valence-electron chi connectivity index (χ2n) is 7.27. The van der Waals surface area contributed by atoms with E-state index in [0.717, 1.165) is 6.42 Å². The molecule has 0 spiro atoms. The number of amides is 1. The Labute approximate surface area is 148 Å². The number of rotatable bonds is 5. The third-order valence-electron chi connectivity index (χ3n) is 3.90. The van der Waals surface area contributed by atoms with E-state index in [4.69, 9.17) is 5.11 Å². The van der Waals surface area contributed by atoms with E-state index in [0.29, 0.717) is 18.5 Å². The quantitative estimate of drug-likeness (QED) is 0.825. The van der Waals surface area contributed by atoms with Gasteiger partial charge in [-0.15, -0.1) is 0 Å². The molecule has 138 valence electrons. The molecule has 1 aromatic carbocycles. The molecule has 1 saturated heterocycles. The standard InChI is InChI=1S/C17H24N2O5S/c1-17(2,3)18-25(23,24)14-8-6-12(7-9-14)16(22)19-10-4-5-13(19)11-15(20)21/h6-9,13,18H,4-5,10-11H2,1-3H3,(H,20,21). The van der Waals surface area contributed by atoms with Crippen LogP contribution in [0.3, 0.4) is 0 Å². The number of hydrogen-bond acceptors (Lipinski definition) is 4. The Kier molecular flexibility index (Phi) is 5.53. The summed E-state index contributed by atoms with van der Waals surface area (Å²) in [4.78, 5) is 25.2. The van der Waals surface area contributed by atoms with Gasteiger partial charge in [-0.3, -0.25) is 9.59 Å². The molecule has 1 atom stereocenters. The SMILES string of the molecule is CC(C)(C)NS(=O)(=O)c1ccc(C(=O)N2CCCC2CC(=O)O)cc1. The van der Waals surface area contributed by atoms with E-state index in [1.54, 1.807) is 25.7 Å². The van der Waals surface area contributed by atoms with Gasteiger partial charge < -0.3 is 10.0 Å². The van der Waals surface area contributed by atoms with Gasteiger partial charge in [-0.25, -0.2) is 13.1 Å². The van der Waals surface area contributed by atoms with Gasteiger partial charge in [-0.2, -0.15) is 0 Å². The van der Waals surface area contributed by atoms with E-state index in [-0.39, 0.29) is 23.3 Å². The number of carbonyl (C=O) groups excluding carboxylic acids is 1. The van der Waals surface area contributed by atoms with E-state index in [2.05, 4.69) is 4.72 Å². The Morgan fingerprint density at radius 2 is 1.84 bits per heavy atom. The minimum absolute atomic E-state index is 0.0757. The Balaban J connectivity index is 2.17. The van der Waals surface area contributed by atoms with Crippen LogP contribution in [-0.4, -0.2) is 48.4 Å². The summed E-state index contributed by atoms with van der Waals surface area (Å²) in [5.41, 5.74) is -0.251. The summed E-state index contributed by atoms with van der Waals surface area (Å²) in [6.07, 6.45) is 1.36. The number of nitrogens with zero attached hydrogens (tertiary/aromatic N) is 1. The fourth-order valence-corrected chi connectivity index (χ4v) is 4.34. The first-order valence-corrected chi connectivity index (χ1v) is 9.65. The zero-order valence-corrected chi connectivity index (χ0v) is 15.5. The van der Waals surface area contributed by atoms with Crippen molar-refractivity contribution < 1.29 is 23.1 Å². The van der Waals surface area contributed by atoms with Crippen LogP contribution in [0.25, 0.3) is 0 Å². The fraction of sp³-hybridized carbons (Fsp3) is 0.529. The molecular formula is C17H24N2O5S. The van der Waals surface area contributed by atoms with E-state index in [1.807, 2.05) is 0 Å². The lowest BCUT2D eigenvalue weighted by Gasteiger charge is -2.24. The summed E-state index contributed by atoms with van der Waals surface area (Å²) in [5.74, 6) is -1.20. The number of likely N-dealkylation sites (tertiary alicyclic amines) is 1. The Morgan fingerprint density at radius 3 is 2.36 bits per heavy atom. The topological polar surface area (TPSA) is 104 Å². The molecule has 2 rings (SSSR count). The van der Waals surface area contributed by atoms with Gasteiger partial charge in [-0.1, -0.05) is 0 Å². The third kappa shape index (κ3) is 5.02. The summed E-state index contributed by atoms with van der Waals surface area (Å²) in [6, 6.07) is 5.41. The van der Waals surface area contributed by atoms with Crippen LogP contribution in [0.2, 0.25) is 0 Å². The largest absolute Gasteiger partial charge is 0.481 e. The van der Waals surface area contributed by atoms with E-state index in [1.165, 1.54) is 24.3 Å². The highest BCUT2D eigenvalue weighted by Gasteiger charge is 2.31. The smallest absolute Gasteiger partial charge is 0.305 e. The third-order valence-corrected chi connectivity index (χ3v) is 5.67. The van der Waals surface area contributed by atoms with Crippen molar-refractivity contribution in [3.63, 3.8) is 0 Å². The summed E-state index contributed by atoms with van der Waals surface area (Å²) >= 11 is 0. The molecule has 1 unspecified atom stereocenters. The minimum Gasteiger partial charge on any atom is -0.481 e. The van der Waals surface area contributed by atoms with Crippen LogP contribution in [0.5, 0.6) is 0 Å². The highest BCUT2D eigenvalue weighted by atomic mass is 32.2. The van der Waals surface area contributed by atoms with Crippen LogP contribution in [-0.2, 0) is 14.8 Å². The number of carboxylic acids is 1. The first-order chi connectivity index (χ1) is 11.5. The van der Waals surface area contributed by atoms with Crippen molar-refractivity contribution in [1.29, 1.82) is 0 Å². The fourth-order valence-electron chi connectivity index (χ4n) is 2.92. The van der Waals surface area contributed by atoms with Crippen molar-refractivity contribution in [2.45, 2.75) is 56.5 Å². The molecule has 2 N–H and O–H groups in total. The molecule has 25 heavy (non-hydrogen) atoms. The molecule has 0 aromatic heterocycles. The van der Waals surface area contributed by atoms with Crippen molar-refractivity contribution in [3.8, 4) is 0 Å². The average Bonchev–Trinajstić information content (AvgIpc) is 2.91.